The smallest absolute Gasteiger partial charge is 0.160 e. The third-order valence-corrected chi connectivity index (χ3v) is 4.27. The molecule has 0 saturated carbocycles. The molecule has 0 spiro atoms. The van der Waals surface area contributed by atoms with Crippen molar-refractivity contribution in [3.05, 3.63) is 36.0 Å². The van der Waals surface area contributed by atoms with Crippen molar-refractivity contribution in [3.8, 4) is 0 Å². The number of aryl methyl sites for hydroxylation is 1. The molecule has 1 aromatic heterocycles. The molecule has 5 heteroatoms. The highest BCUT2D eigenvalue weighted by Gasteiger charge is 2.21. The molecule has 3 rings (SSSR count). The number of benzene rings is 1. The van der Waals surface area contributed by atoms with Crippen molar-refractivity contribution in [2.45, 2.75) is 44.4 Å². The summed E-state index contributed by atoms with van der Waals surface area (Å²) in [4.78, 5) is 0. The second-order valence-corrected chi connectivity index (χ2v) is 5.75. The minimum atomic E-state index is -0.813. The van der Waals surface area contributed by atoms with Crippen LogP contribution in [0.1, 0.15) is 25.7 Å². The first-order chi connectivity index (χ1) is 10.1. The third kappa shape index (κ3) is 3.09. The van der Waals surface area contributed by atoms with E-state index in [4.69, 9.17) is 0 Å². The number of hydrogen-bond donors (Lipinski definition) is 2. The number of piperidine rings is 1. The van der Waals surface area contributed by atoms with Gasteiger partial charge in [0.15, 0.2) is 11.6 Å². The summed E-state index contributed by atoms with van der Waals surface area (Å²) in [6, 6.07) is 4.42. The maximum Gasteiger partial charge on any atom is 0.160 e. The average Bonchev–Trinajstić information content (AvgIpc) is 2.84. The molecule has 114 valence electrons. The molecule has 2 heterocycles. The highest BCUT2D eigenvalue weighted by atomic mass is 19.2. The molecule has 1 aliphatic heterocycles. The van der Waals surface area contributed by atoms with E-state index in [1.54, 1.807) is 6.07 Å². The Balaban J connectivity index is 1.64. The molecule has 2 atom stereocenters. The van der Waals surface area contributed by atoms with Gasteiger partial charge in [0.1, 0.15) is 0 Å². The second kappa shape index (κ2) is 6.12. The lowest BCUT2D eigenvalue weighted by Crippen LogP contribution is -2.44. The quantitative estimate of drug-likeness (QED) is 0.910. The van der Waals surface area contributed by atoms with Gasteiger partial charge in [0.05, 0.1) is 11.6 Å². The van der Waals surface area contributed by atoms with Crippen LogP contribution in [0.2, 0.25) is 0 Å². The fraction of sp³-hybridized carbons (Fsp3) is 0.500. The third-order valence-electron chi connectivity index (χ3n) is 4.27. The second-order valence-electron chi connectivity index (χ2n) is 5.75. The molecular weight excluding hydrogens is 274 g/mol. The van der Waals surface area contributed by atoms with Crippen LogP contribution in [-0.2, 0) is 6.54 Å². The number of aliphatic hydroxyl groups excluding tert-OH is 1. The van der Waals surface area contributed by atoms with E-state index in [-0.39, 0.29) is 12.1 Å². The van der Waals surface area contributed by atoms with E-state index in [1.807, 2.05) is 10.8 Å². The van der Waals surface area contributed by atoms with E-state index in [9.17, 15) is 13.9 Å². The zero-order chi connectivity index (χ0) is 14.8. The van der Waals surface area contributed by atoms with Gasteiger partial charge in [-0.1, -0.05) is 0 Å². The van der Waals surface area contributed by atoms with Crippen LogP contribution in [-0.4, -0.2) is 28.4 Å². The van der Waals surface area contributed by atoms with E-state index < -0.39 is 11.6 Å². The van der Waals surface area contributed by atoms with Crippen molar-refractivity contribution < 1.29 is 13.9 Å². The number of aliphatic hydroxyl groups is 1. The first-order valence-corrected chi connectivity index (χ1v) is 7.50. The highest BCUT2D eigenvalue weighted by Crippen LogP contribution is 2.21. The lowest BCUT2D eigenvalue weighted by Gasteiger charge is -2.29. The number of rotatable bonds is 4. The Morgan fingerprint density at radius 1 is 1.29 bits per heavy atom. The summed E-state index contributed by atoms with van der Waals surface area (Å²) < 4.78 is 28.5. The summed E-state index contributed by atoms with van der Waals surface area (Å²) in [6.07, 6.45) is 5.22. The van der Waals surface area contributed by atoms with Crippen molar-refractivity contribution in [2.24, 2.45) is 0 Å². The Bertz CT molecular complexity index is 626. The van der Waals surface area contributed by atoms with Crippen molar-refractivity contribution >= 4 is 10.9 Å². The minimum absolute atomic E-state index is 0.148. The summed E-state index contributed by atoms with van der Waals surface area (Å²) in [5.74, 6) is -1.62. The van der Waals surface area contributed by atoms with Crippen LogP contribution >= 0.6 is 0 Å². The molecular formula is C16H20F2N2O. The van der Waals surface area contributed by atoms with Crippen LogP contribution < -0.4 is 5.32 Å². The number of aromatic nitrogens is 1. The van der Waals surface area contributed by atoms with E-state index in [0.717, 1.165) is 38.8 Å². The lowest BCUT2D eigenvalue weighted by molar-refractivity contribution is 0.0909. The van der Waals surface area contributed by atoms with Crippen LogP contribution in [0.15, 0.2) is 24.4 Å². The number of fused-ring (bicyclic) bond motifs is 1. The summed E-state index contributed by atoms with van der Waals surface area (Å²) in [5, 5.41) is 14.0. The van der Waals surface area contributed by atoms with Gasteiger partial charge < -0.3 is 15.0 Å². The lowest BCUT2D eigenvalue weighted by atomic mass is 9.97. The fourth-order valence-electron chi connectivity index (χ4n) is 3.09. The van der Waals surface area contributed by atoms with Gasteiger partial charge in [0.25, 0.3) is 0 Å². The Labute approximate surface area is 122 Å². The molecule has 1 saturated heterocycles. The van der Waals surface area contributed by atoms with Gasteiger partial charge in [0, 0.05) is 30.2 Å². The largest absolute Gasteiger partial charge is 0.392 e. The summed E-state index contributed by atoms with van der Waals surface area (Å²) in [7, 11) is 0. The van der Waals surface area contributed by atoms with Crippen molar-refractivity contribution in [1.29, 1.82) is 0 Å². The molecule has 0 unspecified atom stereocenters. The van der Waals surface area contributed by atoms with Crippen LogP contribution in [0, 0.1) is 11.6 Å². The monoisotopic (exact) mass is 294 g/mol. The van der Waals surface area contributed by atoms with Gasteiger partial charge in [-0.25, -0.2) is 8.78 Å². The molecule has 21 heavy (non-hydrogen) atoms. The Morgan fingerprint density at radius 2 is 2.10 bits per heavy atom. The van der Waals surface area contributed by atoms with Crippen molar-refractivity contribution in [2.75, 3.05) is 6.54 Å². The van der Waals surface area contributed by atoms with E-state index in [1.165, 1.54) is 12.1 Å². The van der Waals surface area contributed by atoms with Gasteiger partial charge >= 0.3 is 0 Å². The minimum Gasteiger partial charge on any atom is -0.392 e. The summed E-state index contributed by atoms with van der Waals surface area (Å²) in [6.45, 7) is 1.69. The SMILES string of the molecule is O[C@H]1CCCN[C@@H]1CCCn1ccc2cc(F)c(F)cc21. The zero-order valence-corrected chi connectivity index (χ0v) is 11.9. The van der Waals surface area contributed by atoms with E-state index >= 15 is 0 Å². The first-order valence-electron chi connectivity index (χ1n) is 7.50. The molecule has 1 fully saturated rings. The number of halogens is 2. The van der Waals surface area contributed by atoms with Gasteiger partial charge in [-0.15, -0.1) is 0 Å². The van der Waals surface area contributed by atoms with Gasteiger partial charge in [-0.3, -0.25) is 0 Å². The molecule has 0 aliphatic carbocycles. The standard InChI is InChI=1S/C16H20F2N2O/c17-12-9-11-5-8-20(15(11)10-13(12)18)7-2-3-14-16(21)4-1-6-19-14/h5,8-10,14,16,19,21H,1-4,6-7H2/t14-,16+/m1/s1. The fourth-order valence-corrected chi connectivity index (χ4v) is 3.09. The number of nitrogens with one attached hydrogen (secondary N) is 1. The van der Waals surface area contributed by atoms with Crippen molar-refractivity contribution in [1.82, 2.24) is 9.88 Å². The summed E-state index contributed by atoms with van der Waals surface area (Å²) >= 11 is 0. The zero-order valence-electron chi connectivity index (χ0n) is 11.9. The highest BCUT2D eigenvalue weighted by molar-refractivity contribution is 5.80. The molecule has 3 nitrogen and oxygen atoms in total. The molecule has 0 radical (unpaired) electrons. The van der Waals surface area contributed by atoms with Gasteiger partial charge in [-0.2, -0.15) is 0 Å². The predicted octanol–water partition coefficient (Wildman–Crippen LogP) is 2.81. The average molecular weight is 294 g/mol. The van der Waals surface area contributed by atoms with Crippen LogP contribution in [0.5, 0.6) is 0 Å². The molecule has 1 aromatic carbocycles. The molecule has 0 bridgehead atoms. The number of hydrogen-bond acceptors (Lipinski definition) is 2. The molecule has 2 aromatic rings. The van der Waals surface area contributed by atoms with Crippen molar-refractivity contribution in [3.63, 3.8) is 0 Å². The summed E-state index contributed by atoms with van der Waals surface area (Å²) in [5.41, 5.74) is 0.714. The molecule has 1 aliphatic rings. The van der Waals surface area contributed by atoms with Gasteiger partial charge in [0.2, 0.25) is 0 Å². The maximum absolute atomic E-state index is 13.3. The van der Waals surface area contributed by atoms with Crippen LogP contribution in [0.25, 0.3) is 10.9 Å². The van der Waals surface area contributed by atoms with E-state index in [2.05, 4.69) is 5.32 Å². The topological polar surface area (TPSA) is 37.2 Å². The first kappa shape index (κ1) is 14.5. The Morgan fingerprint density at radius 3 is 2.90 bits per heavy atom. The Hall–Kier alpha value is -1.46. The molecule has 0 amide bonds. The molecule has 2 N–H and O–H groups in total. The normalized spacial score (nSPS) is 22.8. The van der Waals surface area contributed by atoms with E-state index in [0.29, 0.717) is 10.9 Å². The van der Waals surface area contributed by atoms with Crippen LogP contribution in [0.3, 0.4) is 0 Å². The predicted molar refractivity (Wildman–Crippen MR) is 78.1 cm³/mol. The van der Waals surface area contributed by atoms with Gasteiger partial charge in [-0.05, 0) is 44.4 Å². The number of nitrogens with zero attached hydrogens (tertiary/aromatic N) is 1. The Kier molecular flexibility index (Phi) is 4.22. The maximum atomic E-state index is 13.3. The van der Waals surface area contributed by atoms with Crippen LogP contribution in [0.4, 0.5) is 8.78 Å².